The maximum Gasteiger partial charge on any atom is 0.241 e. The van der Waals surface area contributed by atoms with Crippen LogP contribution < -0.4 is 14.8 Å². The molecule has 3 rings (SSSR count). The zero-order chi connectivity index (χ0) is 19.6. The van der Waals surface area contributed by atoms with Gasteiger partial charge in [0.15, 0.2) is 0 Å². The molecule has 2 N–H and O–H groups in total. The van der Waals surface area contributed by atoms with E-state index in [4.69, 9.17) is 4.74 Å². The molecular weight excluding hydrogens is 402 g/mol. The van der Waals surface area contributed by atoms with E-state index in [1.807, 2.05) is 18.7 Å². The maximum absolute atomic E-state index is 13.3. The molecule has 158 valence electrons. The molecule has 0 aliphatic carbocycles. The smallest absolute Gasteiger partial charge is 0.241 e. The van der Waals surface area contributed by atoms with E-state index in [-0.39, 0.29) is 41.2 Å². The molecule has 2 saturated heterocycles. The second-order valence-electron chi connectivity index (χ2n) is 7.64. The number of benzene rings is 1. The number of ether oxygens (including phenoxy) is 1. The first kappa shape index (κ1) is 22.9. The zero-order valence-corrected chi connectivity index (χ0v) is 18.2. The van der Waals surface area contributed by atoms with Gasteiger partial charge < -0.3 is 15.0 Å². The Morgan fingerprint density at radius 3 is 2.43 bits per heavy atom. The van der Waals surface area contributed by atoms with Crippen LogP contribution in [0.15, 0.2) is 29.2 Å². The van der Waals surface area contributed by atoms with Crippen LogP contribution in [0, 0.1) is 5.92 Å². The summed E-state index contributed by atoms with van der Waals surface area (Å²) in [4.78, 5) is 15.4. The van der Waals surface area contributed by atoms with Crippen LogP contribution in [0.25, 0.3) is 0 Å². The number of hydrogen-bond acceptors (Lipinski definition) is 5. The van der Waals surface area contributed by atoms with Gasteiger partial charge in [0.2, 0.25) is 15.9 Å². The number of nitrogens with one attached hydrogen (secondary N) is 2. The van der Waals surface area contributed by atoms with E-state index in [9.17, 15) is 13.2 Å². The van der Waals surface area contributed by atoms with Crippen LogP contribution in [0.1, 0.15) is 33.1 Å². The van der Waals surface area contributed by atoms with Gasteiger partial charge in [-0.2, -0.15) is 4.72 Å². The van der Waals surface area contributed by atoms with Crippen molar-refractivity contribution in [1.82, 2.24) is 14.9 Å². The van der Waals surface area contributed by atoms with Crippen LogP contribution in [-0.4, -0.2) is 57.5 Å². The lowest BCUT2D eigenvalue weighted by Crippen LogP contribution is -2.54. The number of halogens is 1. The Morgan fingerprint density at radius 2 is 1.82 bits per heavy atom. The standard InChI is InChI=1S/C19H29N3O4S.ClH/c1-13(2)18(19(23)22-14-4-5-15(22)12-20-11-10-14)21-27(24,25)17-8-6-16(26-3)7-9-17;/h6-9,13-15,18,20-21H,4-5,10-12H2,1-3H3;1H. The van der Waals surface area contributed by atoms with Crippen molar-refractivity contribution in [3.05, 3.63) is 24.3 Å². The minimum Gasteiger partial charge on any atom is -0.497 e. The molecule has 1 aromatic rings. The molecule has 0 spiro atoms. The van der Waals surface area contributed by atoms with E-state index in [0.29, 0.717) is 5.75 Å². The molecule has 2 aliphatic heterocycles. The Hall–Kier alpha value is -1.35. The van der Waals surface area contributed by atoms with Crippen LogP contribution in [0.5, 0.6) is 5.75 Å². The minimum atomic E-state index is -3.81. The van der Waals surface area contributed by atoms with Gasteiger partial charge >= 0.3 is 0 Å². The summed E-state index contributed by atoms with van der Waals surface area (Å²) in [6, 6.07) is 5.74. The highest BCUT2D eigenvalue weighted by Gasteiger charge is 2.42. The average molecular weight is 432 g/mol. The summed E-state index contributed by atoms with van der Waals surface area (Å²) in [6.45, 7) is 5.42. The number of carbonyl (C=O) groups is 1. The highest BCUT2D eigenvalue weighted by molar-refractivity contribution is 7.89. The Morgan fingerprint density at radius 1 is 1.18 bits per heavy atom. The van der Waals surface area contributed by atoms with Crippen LogP contribution in [-0.2, 0) is 14.8 Å². The molecule has 2 aliphatic rings. The van der Waals surface area contributed by atoms with E-state index in [2.05, 4.69) is 10.0 Å². The number of sulfonamides is 1. The molecule has 3 unspecified atom stereocenters. The second-order valence-corrected chi connectivity index (χ2v) is 9.36. The monoisotopic (exact) mass is 431 g/mol. The lowest BCUT2D eigenvalue weighted by Gasteiger charge is -2.33. The number of hydrogen-bond donors (Lipinski definition) is 2. The van der Waals surface area contributed by atoms with Gasteiger partial charge in [0.1, 0.15) is 11.8 Å². The van der Waals surface area contributed by atoms with E-state index in [0.717, 1.165) is 32.4 Å². The normalized spacial score (nSPS) is 23.1. The quantitative estimate of drug-likeness (QED) is 0.716. The third-order valence-electron chi connectivity index (χ3n) is 5.49. The SMILES string of the molecule is COc1ccc(S(=O)(=O)NC(C(=O)N2C3CCNCC2CC3)C(C)C)cc1.Cl. The number of carbonyl (C=O) groups excluding carboxylic acids is 1. The number of rotatable bonds is 6. The van der Waals surface area contributed by atoms with E-state index < -0.39 is 16.1 Å². The van der Waals surface area contributed by atoms with Crippen molar-refractivity contribution in [2.45, 2.75) is 56.1 Å². The van der Waals surface area contributed by atoms with Gasteiger partial charge in [-0.05, 0) is 56.0 Å². The zero-order valence-electron chi connectivity index (χ0n) is 16.6. The first-order chi connectivity index (χ1) is 12.8. The molecule has 0 aromatic heterocycles. The van der Waals surface area contributed by atoms with Crippen LogP contribution >= 0.6 is 12.4 Å². The highest BCUT2D eigenvalue weighted by Crippen LogP contribution is 2.29. The van der Waals surface area contributed by atoms with Gasteiger partial charge in [-0.1, -0.05) is 13.8 Å². The summed E-state index contributed by atoms with van der Waals surface area (Å²) in [5.74, 6) is 0.318. The van der Waals surface area contributed by atoms with Crippen molar-refractivity contribution >= 4 is 28.3 Å². The maximum atomic E-state index is 13.3. The molecule has 0 radical (unpaired) electrons. The summed E-state index contributed by atoms with van der Waals surface area (Å²) >= 11 is 0. The summed E-state index contributed by atoms with van der Waals surface area (Å²) in [7, 11) is -2.28. The molecule has 2 heterocycles. The van der Waals surface area contributed by atoms with Crippen molar-refractivity contribution in [3.63, 3.8) is 0 Å². The van der Waals surface area contributed by atoms with Crippen molar-refractivity contribution in [2.75, 3.05) is 20.2 Å². The van der Waals surface area contributed by atoms with Crippen LogP contribution in [0.3, 0.4) is 0 Å². The first-order valence-corrected chi connectivity index (χ1v) is 11.0. The van der Waals surface area contributed by atoms with Gasteiger partial charge in [0.05, 0.1) is 12.0 Å². The van der Waals surface area contributed by atoms with Crippen LogP contribution in [0.2, 0.25) is 0 Å². The van der Waals surface area contributed by atoms with E-state index in [1.54, 1.807) is 12.1 Å². The number of nitrogens with zero attached hydrogens (tertiary/aromatic N) is 1. The predicted octanol–water partition coefficient (Wildman–Crippen LogP) is 1.77. The molecule has 1 amide bonds. The van der Waals surface area contributed by atoms with Crippen molar-refractivity contribution in [3.8, 4) is 5.75 Å². The Balaban J connectivity index is 0.00000280. The molecule has 28 heavy (non-hydrogen) atoms. The predicted molar refractivity (Wildman–Crippen MR) is 110 cm³/mol. The topological polar surface area (TPSA) is 87.7 Å². The second kappa shape index (κ2) is 9.43. The molecule has 9 heteroatoms. The molecular formula is C19H30ClN3O4S. The number of amides is 1. The third kappa shape index (κ3) is 4.79. The van der Waals surface area contributed by atoms with Gasteiger partial charge in [-0.15, -0.1) is 12.4 Å². The number of fused-ring (bicyclic) bond motifs is 2. The fraction of sp³-hybridized carbons (Fsp3) is 0.632. The molecule has 0 saturated carbocycles. The van der Waals surface area contributed by atoms with Gasteiger partial charge in [-0.25, -0.2) is 8.42 Å². The lowest BCUT2D eigenvalue weighted by molar-refractivity contribution is -0.136. The average Bonchev–Trinajstić information content (AvgIpc) is 2.91. The Bertz CT molecular complexity index is 756. The molecule has 2 bridgehead atoms. The highest BCUT2D eigenvalue weighted by atomic mass is 35.5. The fourth-order valence-electron chi connectivity index (χ4n) is 3.96. The summed E-state index contributed by atoms with van der Waals surface area (Å²) in [5, 5.41) is 3.37. The summed E-state index contributed by atoms with van der Waals surface area (Å²) in [6.07, 6.45) is 2.88. The van der Waals surface area contributed by atoms with Crippen molar-refractivity contribution in [1.29, 1.82) is 0 Å². The molecule has 7 nitrogen and oxygen atoms in total. The van der Waals surface area contributed by atoms with Gasteiger partial charge in [0.25, 0.3) is 0 Å². The molecule has 3 atom stereocenters. The molecule has 2 fully saturated rings. The summed E-state index contributed by atoms with van der Waals surface area (Å²) < 4.78 is 33.4. The fourth-order valence-corrected chi connectivity index (χ4v) is 5.30. The molecule has 1 aromatic carbocycles. The lowest BCUT2D eigenvalue weighted by atomic mass is 10.0. The van der Waals surface area contributed by atoms with Crippen molar-refractivity contribution in [2.24, 2.45) is 5.92 Å². The van der Waals surface area contributed by atoms with Gasteiger partial charge in [-0.3, -0.25) is 4.79 Å². The van der Waals surface area contributed by atoms with E-state index in [1.165, 1.54) is 19.2 Å². The van der Waals surface area contributed by atoms with Crippen LogP contribution in [0.4, 0.5) is 0 Å². The van der Waals surface area contributed by atoms with E-state index >= 15 is 0 Å². The Labute approximate surface area is 173 Å². The van der Waals surface area contributed by atoms with Gasteiger partial charge in [0, 0.05) is 18.6 Å². The van der Waals surface area contributed by atoms with Crippen molar-refractivity contribution < 1.29 is 17.9 Å². The largest absolute Gasteiger partial charge is 0.497 e. The third-order valence-corrected chi connectivity index (χ3v) is 6.95. The summed E-state index contributed by atoms with van der Waals surface area (Å²) in [5.41, 5.74) is 0. The first-order valence-electron chi connectivity index (χ1n) is 9.52. The number of methoxy groups -OCH3 is 1. The Kier molecular flexibility index (Phi) is 7.73. The minimum absolute atomic E-state index is 0.